The summed E-state index contributed by atoms with van der Waals surface area (Å²) in [5.74, 6) is 1.42. The Labute approximate surface area is 227 Å². The number of urea groups is 1. The molecule has 2 aliphatic rings. The number of carbonyl (C=O) groups is 3. The van der Waals surface area contributed by atoms with Gasteiger partial charge in [-0.25, -0.2) is 9.48 Å². The van der Waals surface area contributed by atoms with Gasteiger partial charge in [-0.3, -0.25) is 9.59 Å². The molecular formula is C27H38N6O4S. The van der Waals surface area contributed by atoms with Crippen molar-refractivity contribution in [2.75, 3.05) is 12.3 Å². The second-order valence-corrected chi connectivity index (χ2v) is 11.4. The van der Waals surface area contributed by atoms with Crippen LogP contribution in [0.5, 0.6) is 5.75 Å². The first kappa shape index (κ1) is 27.9. The minimum Gasteiger partial charge on any atom is -0.508 e. The van der Waals surface area contributed by atoms with E-state index < -0.39 is 0 Å². The highest BCUT2D eigenvalue weighted by molar-refractivity contribution is 8.00. The predicted octanol–water partition coefficient (Wildman–Crippen LogP) is 2.74. The van der Waals surface area contributed by atoms with E-state index in [4.69, 9.17) is 0 Å². The maximum atomic E-state index is 12.2. The smallest absolute Gasteiger partial charge is 0.315 e. The summed E-state index contributed by atoms with van der Waals surface area (Å²) in [7, 11) is 0. The number of unbranched alkanes of at least 4 members (excludes halogenated alkanes) is 3. The van der Waals surface area contributed by atoms with Gasteiger partial charge < -0.3 is 21.1 Å². The van der Waals surface area contributed by atoms with E-state index >= 15 is 0 Å². The molecule has 11 heteroatoms. The van der Waals surface area contributed by atoms with Gasteiger partial charge in [0, 0.05) is 36.6 Å². The van der Waals surface area contributed by atoms with Crippen molar-refractivity contribution < 1.29 is 19.5 Å². The number of phenolic OH excluding ortho intramolecular Hbond substituents is 1. The summed E-state index contributed by atoms with van der Waals surface area (Å²) in [4.78, 5) is 35.8. The molecule has 0 bridgehead atoms. The first-order chi connectivity index (χ1) is 18.5. The summed E-state index contributed by atoms with van der Waals surface area (Å²) in [5.41, 5.74) is 1.90. The molecule has 2 fully saturated rings. The minimum absolute atomic E-state index is 0.0493. The van der Waals surface area contributed by atoms with E-state index in [0.717, 1.165) is 62.0 Å². The lowest BCUT2D eigenvalue weighted by atomic mass is 10.0. The summed E-state index contributed by atoms with van der Waals surface area (Å²) in [5, 5.41) is 26.8. The average Bonchev–Trinajstić information content (AvgIpc) is 3.59. The standard InChI is InChI=1S/C27H38N6O4S/c34-21(8-4-5-9-24-26-23(18-38-24)29-27(37)30-26)7-3-1-2-6-20-16-33(32-31-20)17-25(36)28-15-14-19-10-12-22(35)13-11-19/h10-13,16,23-24,26,35H,1-9,14-15,17-18H2,(H,28,36)(H2,29,30,37). The van der Waals surface area contributed by atoms with Gasteiger partial charge >= 0.3 is 6.03 Å². The van der Waals surface area contributed by atoms with Crippen molar-refractivity contribution in [3.63, 3.8) is 0 Å². The van der Waals surface area contributed by atoms with Crippen LogP contribution in [0.2, 0.25) is 0 Å². The lowest BCUT2D eigenvalue weighted by Crippen LogP contribution is -2.36. The van der Waals surface area contributed by atoms with Gasteiger partial charge in [-0.15, -0.1) is 5.10 Å². The molecule has 0 radical (unpaired) electrons. The highest BCUT2D eigenvalue weighted by Gasteiger charge is 2.42. The lowest BCUT2D eigenvalue weighted by molar-refractivity contribution is -0.122. The number of ketones is 1. The van der Waals surface area contributed by atoms with Crippen LogP contribution in [0.15, 0.2) is 30.5 Å². The van der Waals surface area contributed by atoms with E-state index in [1.54, 1.807) is 16.8 Å². The minimum atomic E-state index is -0.118. The lowest BCUT2D eigenvalue weighted by Gasteiger charge is -2.16. The van der Waals surface area contributed by atoms with Crippen molar-refractivity contribution in [1.29, 1.82) is 0 Å². The molecule has 2 saturated heterocycles. The quantitative estimate of drug-likeness (QED) is 0.189. The average molecular weight is 543 g/mol. The van der Waals surface area contributed by atoms with Gasteiger partial charge in [0.2, 0.25) is 5.91 Å². The van der Waals surface area contributed by atoms with Crippen molar-refractivity contribution in [3.05, 3.63) is 41.7 Å². The van der Waals surface area contributed by atoms with E-state index in [1.165, 1.54) is 0 Å². The van der Waals surface area contributed by atoms with E-state index in [1.807, 2.05) is 30.1 Å². The van der Waals surface area contributed by atoms with E-state index in [2.05, 4.69) is 26.3 Å². The third kappa shape index (κ3) is 8.75. The zero-order chi connectivity index (χ0) is 26.7. The Morgan fingerprint density at radius 3 is 2.66 bits per heavy atom. The largest absolute Gasteiger partial charge is 0.508 e. The normalized spacial score (nSPS) is 20.1. The van der Waals surface area contributed by atoms with Gasteiger partial charge in [0.05, 0.1) is 17.8 Å². The Kier molecular flexibility index (Phi) is 10.4. The van der Waals surface area contributed by atoms with Gasteiger partial charge in [0.25, 0.3) is 0 Å². The SMILES string of the molecule is O=C(CCCCCc1cn(CC(=O)NCCc2ccc(O)cc2)nn1)CCCCC1SCC2NC(=O)NC21. The third-order valence-electron chi connectivity index (χ3n) is 7.08. The van der Waals surface area contributed by atoms with Gasteiger partial charge in [-0.05, 0) is 56.2 Å². The molecule has 0 saturated carbocycles. The van der Waals surface area contributed by atoms with Crippen LogP contribution in [0.25, 0.3) is 0 Å². The fraction of sp³-hybridized carbons (Fsp3) is 0.593. The number of amides is 3. The summed E-state index contributed by atoms with van der Waals surface area (Å²) in [6, 6.07) is 7.40. The van der Waals surface area contributed by atoms with Crippen LogP contribution in [-0.4, -0.2) is 67.5 Å². The second kappa shape index (κ2) is 14.2. The Hall–Kier alpha value is -3.08. The van der Waals surface area contributed by atoms with Crippen molar-refractivity contribution in [3.8, 4) is 5.75 Å². The first-order valence-corrected chi connectivity index (χ1v) is 14.6. The highest BCUT2D eigenvalue weighted by atomic mass is 32.2. The van der Waals surface area contributed by atoms with Crippen molar-refractivity contribution in [2.45, 2.75) is 88.1 Å². The number of fused-ring (bicyclic) bond motifs is 1. The molecule has 3 atom stereocenters. The number of aromatic hydroxyl groups is 1. The molecule has 1 aromatic heterocycles. The molecule has 1 aromatic carbocycles. The molecule has 2 aliphatic heterocycles. The summed E-state index contributed by atoms with van der Waals surface area (Å²) >= 11 is 1.92. The molecule has 10 nitrogen and oxygen atoms in total. The number of Topliss-reactive ketones (excluding diaryl/α,β-unsaturated/α-hetero) is 1. The number of hydrogen-bond acceptors (Lipinski definition) is 7. The zero-order valence-corrected chi connectivity index (χ0v) is 22.5. The Morgan fingerprint density at radius 1 is 1.05 bits per heavy atom. The molecular weight excluding hydrogens is 504 g/mol. The second-order valence-electron chi connectivity index (χ2n) is 10.1. The van der Waals surface area contributed by atoms with Crippen LogP contribution in [0.1, 0.15) is 62.6 Å². The van der Waals surface area contributed by atoms with Crippen LogP contribution < -0.4 is 16.0 Å². The summed E-state index contributed by atoms with van der Waals surface area (Å²) < 4.78 is 1.55. The zero-order valence-electron chi connectivity index (χ0n) is 21.7. The number of thioether (sulfide) groups is 1. The van der Waals surface area contributed by atoms with Crippen LogP contribution in [0.3, 0.4) is 0 Å². The topological polar surface area (TPSA) is 138 Å². The van der Waals surface area contributed by atoms with Crippen molar-refractivity contribution in [2.24, 2.45) is 0 Å². The van der Waals surface area contributed by atoms with E-state index in [0.29, 0.717) is 36.8 Å². The Balaban J connectivity index is 0.997. The third-order valence-corrected chi connectivity index (χ3v) is 8.59. The van der Waals surface area contributed by atoms with Crippen LogP contribution >= 0.6 is 11.8 Å². The number of aromatic nitrogens is 3. The van der Waals surface area contributed by atoms with E-state index in [9.17, 15) is 19.5 Å². The van der Waals surface area contributed by atoms with E-state index in [-0.39, 0.29) is 36.3 Å². The van der Waals surface area contributed by atoms with Gasteiger partial charge in [-0.2, -0.15) is 11.8 Å². The van der Waals surface area contributed by atoms with Crippen LogP contribution in [0.4, 0.5) is 4.79 Å². The Morgan fingerprint density at radius 2 is 1.84 bits per heavy atom. The molecule has 0 spiro atoms. The molecule has 3 amide bonds. The fourth-order valence-electron chi connectivity index (χ4n) is 4.98. The maximum Gasteiger partial charge on any atom is 0.315 e. The summed E-state index contributed by atoms with van der Waals surface area (Å²) in [6.45, 7) is 0.644. The number of nitrogens with zero attached hydrogens (tertiary/aromatic N) is 3. The number of phenols is 1. The number of hydrogen-bond donors (Lipinski definition) is 4. The first-order valence-electron chi connectivity index (χ1n) is 13.6. The predicted molar refractivity (Wildman–Crippen MR) is 146 cm³/mol. The number of rotatable bonds is 16. The molecule has 3 heterocycles. The molecule has 3 unspecified atom stereocenters. The van der Waals surface area contributed by atoms with Gasteiger partial charge in [0.15, 0.2) is 0 Å². The van der Waals surface area contributed by atoms with Crippen LogP contribution in [-0.2, 0) is 29.0 Å². The molecule has 206 valence electrons. The molecule has 4 N–H and O–H groups in total. The number of aryl methyl sites for hydroxylation is 1. The van der Waals surface area contributed by atoms with Gasteiger partial charge in [0.1, 0.15) is 18.1 Å². The number of nitrogens with one attached hydrogen (secondary N) is 3. The Bertz CT molecular complexity index is 1080. The molecule has 38 heavy (non-hydrogen) atoms. The fourth-order valence-corrected chi connectivity index (χ4v) is 6.53. The van der Waals surface area contributed by atoms with Gasteiger partial charge in [-0.1, -0.05) is 30.2 Å². The number of benzene rings is 1. The molecule has 4 rings (SSSR count). The summed E-state index contributed by atoms with van der Waals surface area (Å²) in [6.07, 6.45) is 10.3. The maximum absolute atomic E-state index is 12.2. The van der Waals surface area contributed by atoms with Crippen molar-refractivity contribution in [1.82, 2.24) is 30.9 Å². The van der Waals surface area contributed by atoms with Crippen LogP contribution in [0, 0.1) is 0 Å². The monoisotopic (exact) mass is 542 g/mol. The number of carbonyl (C=O) groups excluding carboxylic acids is 3. The molecule has 2 aromatic rings. The van der Waals surface area contributed by atoms with Crippen molar-refractivity contribution >= 4 is 29.5 Å². The highest BCUT2D eigenvalue weighted by Crippen LogP contribution is 2.33. The molecule has 0 aliphatic carbocycles.